The smallest absolute Gasteiger partial charge is 0.238 e. The molecule has 1 heterocycles. The molecule has 2 aromatic rings. The maximum Gasteiger partial charge on any atom is 0.238 e. The van der Waals surface area contributed by atoms with Gasteiger partial charge in [-0.05, 0) is 31.5 Å². The van der Waals surface area contributed by atoms with Gasteiger partial charge >= 0.3 is 0 Å². The van der Waals surface area contributed by atoms with Crippen molar-refractivity contribution in [3.8, 4) is 0 Å². The number of hydrogen-bond acceptors (Lipinski definition) is 4. The zero-order chi connectivity index (χ0) is 14.0. The summed E-state index contributed by atoms with van der Waals surface area (Å²) in [6.07, 6.45) is 0. The largest absolute Gasteiger partial charge is 0.258 e. The van der Waals surface area contributed by atoms with Crippen LogP contribution in [0.4, 0.5) is 9.52 Å². The SMILES string of the molecule is Cc1nc(NS(=O)(=O)Cc2ccc(F)cc2)sc1C. The molecule has 4 nitrogen and oxygen atoms in total. The molecule has 1 aromatic heterocycles. The summed E-state index contributed by atoms with van der Waals surface area (Å²) in [7, 11) is -3.53. The normalized spacial score (nSPS) is 11.5. The van der Waals surface area contributed by atoms with Gasteiger partial charge in [0.2, 0.25) is 10.0 Å². The first-order valence-electron chi connectivity index (χ1n) is 5.55. The molecule has 2 rings (SSSR count). The number of hydrogen-bond donors (Lipinski definition) is 1. The van der Waals surface area contributed by atoms with E-state index >= 15 is 0 Å². The number of anilines is 1. The molecule has 1 N–H and O–H groups in total. The van der Waals surface area contributed by atoms with Crippen molar-refractivity contribution in [2.75, 3.05) is 4.72 Å². The molecule has 0 amide bonds. The van der Waals surface area contributed by atoms with Gasteiger partial charge in [-0.2, -0.15) is 0 Å². The monoisotopic (exact) mass is 300 g/mol. The zero-order valence-corrected chi connectivity index (χ0v) is 12.1. The highest BCUT2D eigenvalue weighted by Crippen LogP contribution is 2.22. The summed E-state index contributed by atoms with van der Waals surface area (Å²) >= 11 is 1.29. The molecular formula is C12H13FN2O2S2. The van der Waals surface area contributed by atoms with Gasteiger partial charge in [0.15, 0.2) is 5.13 Å². The van der Waals surface area contributed by atoms with Crippen LogP contribution in [-0.4, -0.2) is 13.4 Å². The van der Waals surface area contributed by atoms with E-state index in [2.05, 4.69) is 9.71 Å². The highest BCUT2D eigenvalue weighted by Gasteiger charge is 2.14. The fourth-order valence-corrected chi connectivity index (χ4v) is 3.71. The summed E-state index contributed by atoms with van der Waals surface area (Å²) in [6.45, 7) is 3.70. The van der Waals surface area contributed by atoms with Crippen LogP contribution in [0.1, 0.15) is 16.1 Å². The molecule has 0 radical (unpaired) electrons. The Labute approximate surface area is 115 Å². The lowest BCUT2D eigenvalue weighted by molar-refractivity contribution is 0.600. The number of halogens is 1. The molecule has 19 heavy (non-hydrogen) atoms. The maximum atomic E-state index is 12.7. The molecule has 0 aliphatic rings. The number of nitrogens with zero attached hydrogens (tertiary/aromatic N) is 1. The van der Waals surface area contributed by atoms with Crippen molar-refractivity contribution in [1.82, 2.24) is 4.98 Å². The minimum absolute atomic E-state index is 0.203. The topological polar surface area (TPSA) is 59.1 Å². The molecule has 0 atom stereocenters. The Bertz CT molecular complexity index is 659. The first-order valence-corrected chi connectivity index (χ1v) is 8.01. The molecule has 0 bridgehead atoms. The van der Waals surface area contributed by atoms with Crippen LogP contribution >= 0.6 is 11.3 Å². The van der Waals surface area contributed by atoms with E-state index in [1.807, 2.05) is 13.8 Å². The van der Waals surface area contributed by atoms with Gasteiger partial charge in [-0.3, -0.25) is 4.72 Å². The van der Waals surface area contributed by atoms with Crippen molar-refractivity contribution in [3.05, 3.63) is 46.2 Å². The van der Waals surface area contributed by atoms with Gasteiger partial charge in [0.25, 0.3) is 0 Å². The zero-order valence-electron chi connectivity index (χ0n) is 10.5. The van der Waals surface area contributed by atoms with Gasteiger partial charge in [-0.25, -0.2) is 17.8 Å². The third-order valence-electron chi connectivity index (χ3n) is 2.54. The van der Waals surface area contributed by atoms with Gasteiger partial charge in [-0.15, -0.1) is 11.3 Å². The summed E-state index contributed by atoms with van der Waals surface area (Å²) in [6, 6.07) is 5.38. The number of thiazole rings is 1. The number of aromatic nitrogens is 1. The second-order valence-corrected chi connectivity index (χ2v) is 7.07. The molecule has 0 saturated carbocycles. The number of benzene rings is 1. The average Bonchev–Trinajstić information content (AvgIpc) is 2.60. The first kappa shape index (κ1) is 14.0. The Morgan fingerprint density at radius 1 is 1.26 bits per heavy atom. The van der Waals surface area contributed by atoms with Crippen molar-refractivity contribution >= 4 is 26.5 Å². The van der Waals surface area contributed by atoms with Crippen LogP contribution in [0.2, 0.25) is 0 Å². The van der Waals surface area contributed by atoms with Gasteiger partial charge < -0.3 is 0 Å². The quantitative estimate of drug-likeness (QED) is 0.944. The molecule has 0 aliphatic carbocycles. The summed E-state index contributed by atoms with van der Waals surface area (Å²) < 4.78 is 39.0. The van der Waals surface area contributed by atoms with Gasteiger partial charge in [0.1, 0.15) is 5.82 Å². The maximum absolute atomic E-state index is 12.7. The van der Waals surface area contributed by atoms with E-state index in [4.69, 9.17) is 0 Å². The summed E-state index contributed by atoms with van der Waals surface area (Å²) in [5.41, 5.74) is 1.34. The molecular weight excluding hydrogens is 287 g/mol. The van der Waals surface area contributed by atoms with Gasteiger partial charge in [0, 0.05) is 4.88 Å². The van der Waals surface area contributed by atoms with Crippen LogP contribution in [-0.2, 0) is 15.8 Å². The van der Waals surface area contributed by atoms with Crippen molar-refractivity contribution in [1.29, 1.82) is 0 Å². The Morgan fingerprint density at radius 3 is 2.42 bits per heavy atom. The predicted molar refractivity (Wildman–Crippen MR) is 74.2 cm³/mol. The van der Waals surface area contributed by atoms with Crippen LogP contribution in [0.25, 0.3) is 0 Å². The molecule has 0 unspecified atom stereocenters. The van der Waals surface area contributed by atoms with Crippen molar-refractivity contribution in [2.45, 2.75) is 19.6 Å². The van der Waals surface area contributed by atoms with Crippen LogP contribution in [0.15, 0.2) is 24.3 Å². The first-order chi connectivity index (χ1) is 8.85. The fourth-order valence-electron chi connectivity index (χ4n) is 1.49. The van der Waals surface area contributed by atoms with Crippen molar-refractivity contribution < 1.29 is 12.8 Å². The lowest BCUT2D eigenvalue weighted by Crippen LogP contribution is -2.14. The van der Waals surface area contributed by atoms with E-state index in [1.54, 1.807) is 0 Å². The highest BCUT2D eigenvalue weighted by molar-refractivity contribution is 7.92. The van der Waals surface area contributed by atoms with Crippen LogP contribution in [0.3, 0.4) is 0 Å². The summed E-state index contributed by atoms with van der Waals surface area (Å²) in [5.74, 6) is -0.592. The number of sulfonamides is 1. The molecule has 7 heteroatoms. The van der Waals surface area contributed by atoms with E-state index < -0.39 is 10.0 Å². The predicted octanol–water partition coefficient (Wildman–Crippen LogP) is 2.84. The third kappa shape index (κ3) is 3.74. The van der Waals surface area contributed by atoms with E-state index in [0.717, 1.165) is 10.6 Å². The van der Waals surface area contributed by atoms with Gasteiger partial charge in [0.05, 0.1) is 11.4 Å². The van der Waals surface area contributed by atoms with E-state index in [-0.39, 0.29) is 11.6 Å². The van der Waals surface area contributed by atoms with E-state index in [9.17, 15) is 12.8 Å². The molecule has 0 aliphatic heterocycles. The second kappa shape index (κ2) is 5.26. The van der Waals surface area contributed by atoms with Crippen molar-refractivity contribution in [3.63, 3.8) is 0 Å². The average molecular weight is 300 g/mol. The summed E-state index contributed by atoms with van der Waals surface area (Å²) in [5, 5.41) is 0.358. The van der Waals surface area contributed by atoms with E-state index in [0.29, 0.717) is 10.7 Å². The van der Waals surface area contributed by atoms with Crippen molar-refractivity contribution in [2.24, 2.45) is 0 Å². The Balaban J connectivity index is 2.12. The third-order valence-corrected chi connectivity index (χ3v) is 4.88. The number of aryl methyl sites for hydroxylation is 2. The van der Waals surface area contributed by atoms with Crippen LogP contribution < -0.4 is 4.72 Å². The highest BCUT2D eigenvalue weighted by atomic mass is 32.2. The lowest BCUT2D eigenvalue weighted by atomic mass is 10.2. The van der Waals surface area contributed by atoms with Crippen LogP contribution in [0.5, 0.6) is 0 Å². The Hall–Kier alpha value is -1.47. The van der Waals surface area contributed by atoms with Gasteiger partial charge in [-0.1, -0.05) is 12.1 Å². The number of rotatable bonds is 4. The second-order valence-electron chi connectivity index (χ2n) is 4.15. The fraction of sp³-hybridized carbons (Fsp3) is 0.250. The molecule has 1 aromatic carbocycles. The molecule has 0 saturated heterocycles. The van der Waals surface area contributed by atoms with E-state index in [1.165, 1.54) is 35.6 Å². The van der Waals surface area contributed by atoms with Crippen LogP contribution in [0, 0.1) is 19.7 Å². The Morgan fingerprint density at radius 2 is 1.89 bits per heavy atom. The minimum Gasteiger partial charge on any atom is -0.258 e. The molecule has 102 valence electrons. The Kier molecular flexibility index (Phi) is 3.86. The lowest BCUT2D eigenvalue weighted by Gasteiger charge is -2.05. The standard InChI is InChI=1S/C12H13FN2O2S2/c1-8-9(2)18-12(14-8)15-19(16,17)7-10-3-5-11(13)6-4-10/h3-6H,7H2,1-2H3,(H,14,15). The summed E-state index contributed by atoms with van der Waals surface area (Å²) in [4.78, 5) is 5.09. The molecule has 0 fully saturated rings. The molecule has 0 spiro atoms. The minimum atomic E-state index is -3.53. The number of nitrogens with one attached hydrogen (secondary N) is 1.